The number of rotatable bonds is 5. The van der Waals surface area contributed by atoms with E-state index in [0.717, 1.165) is 6.42 Å². The third-order valence-corrected chi connectivity index (χ3v) is 3.43. The lowest BCUT2D eigenvalue weighted by Gasteiger charge is -2.06. The van der Waals surface area contributed by atoms with Gasteiger partial charge in [0, 0.05) is 11.4 Å². The number of halogens is 1. The highest BCUT2D eigenvalue weighted by molar-refractivity contribution is 7.09. The minimum Gasteiger partial charge on any atom is -0.478 e. The molecule has 18 heavy (non-hydrogen) atoms. The molecular formula is C12H11ClN2O2S. The molecule has 0 saturated heterocycles. The van der Waals surface area contributed by atoms with E-state index in [1.165, 1.54) is 17.0 Å². The Hall–Kier alpha value is -1.59. The molecule has 0 amide bonds. The predicted molar refractivity (Wildman–Crippen MR) is 72.7 cm³/mol. The lowest BCUT2D eigenvalue weighted by molar-refractivity contribution is 0.0697. The van der Waals surface area contributed by atoms with Gasteiger partial charge in [0.1, 0.15) is 11.0 Å². The molecule has 0 atom stereocenters. The number of pyridine rings is 1. The quantitative estimate of drug-likeness (QED) is 0.827. The van der Waals surface area contributed by atoms with Gasteiger partial charge in [-0.3, -0.25) is 0 Å². The van der Waals surface area contributed by atoms with Crippen LogP contribution in [0.25, 0.3) is 0 Å². The number of nitrogens with zero attached hydrogens (tertiary/aromatic N) is 1. The van der Waals surface area contributed by atoms with Gasteiger partial charge in [0.25, 0.3) is 0 Å². The monoisotopic (exact) mass is 282 g/mol. The number of carboxylic acids is 1. The average molecular weight is 283 g/mol. The van der Waals surface area contributed by atoms with Crippen LogP contribution in [0.2, 0.25) is 5.15 Å². The average Bonchev–Trinajstić information content (AvgIpc) is 2.81. The maximum Gasteiger partial charge on any atom is 0.335 e. The normalized spacial score (nSPS) is 10.3. The van der Waals surface area contributed by atoms with Crippen molar-refractivity contribution in [1.29, 1.82) is 0 Å². The molecule has 0 fully saturated rings. The molecule has 4 nitrogen and oxygen atoms in total. The fourth-order valence-corrected chi connectivity index (χ4v) is 2.40. The van der Waals surface area contributed by atoms with Crippen LogP contribution < -0.4 is 5.32 Å². The highest BCUT2D eigenvalue weighted by Gasteiger charge is 2.07. The zero-order valence-corrected chi connectivity index (χ0v) is 11.0. The Morgan fingerprint density at radius 2 is 2.33 bits per heavy atom. The van der Waals surface area contributed by atoms with Gasteiger partial charge < -0.3 is 10.4 Å². The third-order valence-electron chi connectivity index (χ3n) is 2.30. The molecule has 0 bridgehead atoms. The second-order valence-electron chi connectivity index (χ2n) is 3.63. The topological polar surface area (TPSA) is 62.2 Å². The molecule has 0 unspecified atom stereocenters. The van der Waals surface area contributed by atoms with Crippen molar-refractivity contribution in [2.75, 3.05) is 11.9 Å². The molecule has 0 aliphatic rings. The third kappa shape index (κ3) is 3.45. The number of carboxylic acid groups (broad SMARTS) is 1. The summed E-state index contributed by atoms with van der Waals surface area (Å²) in [5, 5.41) is 14.2. The van der Waals surface area contributed by atoms with E-state index >= 15 is 0 Å². The maximum absolute atomic E-state index is 10.9. The second kappa shape index (κ2) is 5.84. The van der Waals surface area contributed by atoms with Gasteiger partial charge in [-0.05, 0) is 30.0 Å². The summed E-state index contributed by atoms with van der Waals surface area (Å²) in [6, 6.07) is 6.86. The molecule has 2 rings (SSSR count). The first-order chi connectivity index (χ1) is 8.65. The van der Waals surface area contributed by atoms with E-state index < -0.39 is 5.97 Å². The van der Waals surface area contributed by atoms with Crippen LogP contribution in [0.3, 0.4) is 0 Å². The van der Waals surface area contributed by atoms with Gasteiger partial charge in [-0.2, -0.15) is 0 Å². The van der Waals surface area contributed by atoms with E-state index in [1.54, 1.807) is 11.3 Å². The van der Waals surface area contributed by atoms with Crippen molar-refractivity contribution in [2.24, 2.45) is 0 Å². The molecule has 6 heteroatoms. The summed E-state index contributed by atoms with van der Waals surface area (Å²) in [5.74, 6) is -0.530. The van der Waals surface area contributed by atoms with Gasteiger partial charge in [0.15, 0.2) is 0 Å². The number of hydrogen-bond acceptors (Lipinski definition) is 4. The Balaban J connectivity index is 1.98. The smallest absolute Gasteiger partial charge is 0.335 e. The molecule has 0 aliphatic heterocycles. The van der Waals surface area contributed by atoms with Gasteiger partial charge in [0.2, 0.25) is 0 Å². The van der Waals surface area contributed by atoms with Crippen LogP contribution in [0.1, 0.15) is 15.2 Å². The molecule has 0 saturated carbocycles. The van der Waals surface area contributed by atoms with Crippen LogP contribution in [0.15, 0.2) is 29.6 Å². The molecule has 2 aromatic rings. The van der Waals surface area contributed by atoms with Crippen LogP contribution in [0.5, 0.6) is 0 Å². The van der Waals surface area contributed by atoms with E-state index in [2.05, 4.69) is 16.4 Å². The van der Waals surface area contributed by atoms with Crippen molar-refractivity contribution in [3.8, 4) is 0 Å². The highest BCUT2D eigenvalue weighted by atomic mass is 35.5. The standard InChI is InChI=1S/C12H11ClN2O2S/c13-10-6-8(12(16)17)7-11(15-10)14-4-3-9-2-1-5-18-9/h1-2,5-7H,3-4H2,(H,14,15)(H,16,17). The van der Waals surface area contributed by atoms with Crippen LogP contribution in [-0.2, 0) is 6.42 Å². The minimum absolute atomic E-state index is 0.133. The fraction of sp³-hybridized carbons (Fsp3) is 0.167. The molecule has 94 valence electrons. The van der Waals surface area contributed by atoms with Gasteiger partial charge in [0.05, 0.1) is 5.56 Å². The van der Waals surface area contributed by atoms with Crippen molar-refractivity contribution in [3.63, 3.8) is 0 Å². The van der Waals surface area contributed by atoms with E-state index in [0.29, 0.717) is 12.4 Å². The van der Waals surface area contributed by atoms with Crippen molar-refractivity contribution in [3.05, 3.63) is 45.2 Å². The van der Waals surface area contributed by atoms with Crippen molar-refractivity contribution >= 4 is 34.7 Å². The van der Waals surface area contributed by atoms with Crippen molar-refractivity contribution < 1.29 is 9.90 Å². The first kappa shape index (κ1) is 12.9. The predicted octanol–water partition coefficient (Wildman–Crippen LogP) is 3.15. The Morgan fingerprint density at radius 1 is 1.50 bits per heavy atom. The maximum atomic E-state index is 10.9. The summed E-state index contributed by atoms with van der Waals surface area (Å²) in [4.78, 5) is 16.1. The van der Waals surface area contributed by atoms with Crippen molar-refractivity contribution in [1.82, 2.24) is 4.98 Å². The summed E-state index contributed by atoms with van der Waals surface area (Å²) in [5.41, 5.74) is 0.133. The Morgan fingerprint density at radius 3 is 3.00 bits per heavy atom. The zero-order valence-electron chi connectivity index (χ0n) is 9.39. The molecule has 0 spiro atoms. The minimum atomic E-state index is -1.01. The summed E-state index contributed by atoms with van der Waals surface area (Å²) < 4.78 is 0. The van der Waals surface area contributed by atoms with E-state index in [9.17, 15) is 4.79 Å². The van der Waals surface area contributed by atoms with Crippen LogP contribution >= 0.6 is 22.9 Å². The van der Waals surface area contributed by atoms with E-state index in [1.807, 2.05) is 11.4 Å². The SMILES string of the molecule is O=C(O)c1cc(Cl)nc(NCCc2cccs2)c1. The van der Waals surface area contributed by atoms with E-state index in [4.69, 9.17) is 16.7 Å². The number of aromatic carboxylic acids is 1. The van der Waals surface area contributed by atoms with Crippen LogP contribution in [0.4, 0.5) is 5.82 Å². The Bertz CT molecular complexity index is 543. The largest absolute Gasteiger partial charge is 0.478 e. The Labute approximate surface area is 113 Å². The molecule has 2 aromatic heterocycles. The number of anilines is 1. The second-order valence-corrected chi connectivity index (χ2v) is 5.04. The molecule has 0 aliphatic carbocycles. The number of hydrogen-bond donors (Lipinski definition) is 2. The Kier molecular flexibility index (Phi) is 4.17. The first-order valence-corrected chi connectivity index (χ1v) is 6.58. The van der Waals surface area contributed by atoms with E-state index in [-0.39, 0.29) is 10.7 Å². The number of thiophene rings is 1. The number of carbonyl (C=O) groups is 1. The van der Waals surface area contributed by atoms with Crippen molar-refractivity contribution in [2.45, 2.75) is 6.42 Å². The van der Waals surface area contributed by atoms with Gasteiger partial charge >= 0.3 is 5.97 Å². The molecule has 2 N–H and O–H groups in total. The molecule has 0 aromatic carbocycles. The summed E-state index contributed by atoms with van der Waals surface area (Å²) in [6.45, 7) is 0.687. The number of nitrogens with one attached hydrogen (secondary N) is 1. The summed E-state index contributed by atoms with van der Waals surface area (Å²) >= 11 is 7.45. The number of aromatic nitrogens is 1. The summed E-state index contributed by atoms with van der Waals surface area (Å²) in [6.07, 6.45) is 0.869. The fourth-order valence-electron chi connectivity index (χ4n) is 1.48. The first-order valence-electron chi connectivity index (χ1n) is 5.32. The molecular weight excluding hydrogens is 272 g/mol. The molecule has 0 radical (unpaired) electrons. The van der Waals surface area contributed by atoms with Gasteiger partial charge in [-0.25, -0.2) is 9.78 Å². The highest BCUT2D eigenvalue weighted by Crippen LogP contribution is 2.15. The summed E-state index contributed by atoms with van der Waals surface area (Å²) in [7, 11) is 0. The lowest BCUT2D eigenvalue weighted by atomic mass is 10.2. The lowest BCUT2D eigenvalue weighted by Crippen LogP contribution is -2.07. The zero-order chi connectivity index (χ0) is 13.0. The van der Waals surface area contributed by atoms with Gasteiger partial charge in [-0.15, -0.1) is 11.3 Å². The molecule has 2 heterocycles. The van der Waals surface area contributed by atoms with Crippen LogP contribution in [-0.4, -0.2) is 22.6 Å². The van der Waals surface area contributed by atoms with Gasteiger partial charge in [-0.1, -0.05) is 17.7 Å². The van der Waals surface area contributed by atoms with Crippen LogP contribution in [0, 0.1) is 0 Å².